The van der Waals surface area contributed by atoms with Crippen LogP contribution in [0, 0.1) is 46.8 Å². The Hall–Kier alpha value is -0.670. The van der Waals surface area contributed by atoms with E-state index >= 15 is 0 Å². The number of allylic oxidation sites excluding steroid dienone is 1. The molecule has 3 fully saturated rings. The highest BCUT2D eigenvalue weighted by atomic mass is 16.3. The van der Waals surface area contributed by atoms with E-state index in [1.807, 2.05) is 0 Å². The van der Waals surface area contributed by atoms with Crippen molar-refractivity contribution in [2.75, 3.05) is 0 Å². The Labute approximate surface area is 190 Å². The normalized spacial score (nSPS) is 44.3. The van der Waals surface area contributed by atoms with Crippen molar-refractivity contribution in [3.05, 3.63) is 11.6 Å². The molecule has 0 radical (unpaired) electrons. The highest BCUT2D eigenvalue weighted by Crippen LogP contribution is 2.64. The zero-order chi connectivity index (χ0) is 22.6. The van der Waals surface area contributed by atoms with Gasteiger partial charge in [0.25, 0.3) is 0 Å². The van der Waals surface area contributed by atoms with Gasteiger partial charge in [-0.15, -0.1) is 0 Å². The molecule has 9 atom stereocenters. The molecular formula is C28H46O3. The quantitative estimate of drug-likeness (QED) is 0.514. The van der Waals surface area contributed by atoms with Gasteiger partial charge in [0.15, 0.2) is 0 Å². The second-order valence-electron chi connectivity index (χ2n) is 12.4. The van der Waals surface area contributed by atoms with Gasteiger partial charge in [0.05, 0.1) is 11.7 Å². The lowest BCUT2D eigenvalue weighted by atomic mass is 9.50. The Kier molecular flexibility index (Phi) is 6.51. The summed E-state index contributed by atoms with van der Waals surface area (Å²) in [6.07, 6.45) is 11.9. The maximum atomic E-state index is 13.7. The lowest BCUT2D eigenvalue weighted by molar-refractivity contribution is -0.141. The average Bonchev–Trinajstić information content (AvgIpc) is 3.07. The predicted octanol–water partition coefficient (Wildman–Crippen LogP) is 5.93. The molecule has 0 saturated heterocycles. The fourth-order valence-corrected chi connectivity index (χ4v) is 8.41. The molecule has 0 bridgehead atoms. The van der Waals surface area contributed by atoms with Crippen LogP contribution in [0.1, 0.15) is 98.8 Å². The number of rotatable bonds is 6. The SMILES string of the molecule is CC[C@]1(O)CC[C@H]2C(=CC[C@@H]3[C@@H]2C(=O)C[C@]2(C)[C@@H]([C@H](C)CC[C@H](O)C(C)C)CC[C@@H]32)C1. The molecule has 3 saturated carbocycles. The molecule has 0 spiro atoms. The maximum absolute atomic E-state index is 13.7. The largest absolute Gasteiger partial charge is 0.393 e. The second-order valence-corrected chi connectivity index (χ2v) is 12.4. The van der Waals surface area contributed by atoms with Crippen molar-refractivity contribution in [3.8, 4) is 0 Å². The van der Waals surface area contributed by atoms with Crippen LogP contribution in [-0.4, -0.2) is 27.7 Å². The second kappa shape index (κ2) is 8.60. The fraction of sp³-hybridized carbons (Fsp3) is 0.893. The van der Waals surface area contributed by atoms with E-state index in [0.717, 1.165) is 51.4 Å². The van der Waals surface area contributed by atoms with E-state index in [0.29, 0.717) is 41.3 Å². The van der Waals surface area contributed by atoms with Crippen molar-refractivity contribution in [1.29, 1.82) is 0 Å². The van der Waals surface area contributed by atoms with E-state index in [1.54, 1.807) is 0 Å². The number of aliphatic hydroxyl groups excluding tert-OH is 1. The third-order valence-corrected chi connectivity index (χ3v) is 10.4. The molecule has 0 aromatic carbocycles. The summed E-state index contributed by atoms with van der Waals surface area (Å²) in [5.74, 6) is 3.76. The number of fused-ring (bicyclic) bond motifs is 5. The van der Waals surface area contributed by atoms with E-state index in [9.17, 15) is 15.0 Å². The topological polar surface area (TPSA) is 57.5 Å². The van der Waals surface area contributed by atoms with Gasteiger partial charge in [-0.25, -0.2) is 0 Å². The number of hydrogen-bond donors (Lipinski definition) is 2. The van der Waals surface area contributed by atoms with E-state index in [4.69, 9.17) is 0 Å². The summed E-state index contributed by atoms with van der Waals surface area (Å²) >= 11 is 0. The molecule has 31 heavy (non-hydrogen) atoms. The smallest absolute Gasteiger partial charge is 0.137 e. The van der Waals surface area contributed by atoms with Crippen LogP contribution in [0.5, 0.6) is 0 Å². The van der Waals surface area contributed by atoms with Crippen molar-refractivity contribution in [2.45, 2.75) is 111 Å². The van der Waals surface area contributed by atoms with E-state index in [-0.39, 0.29) is 17.4 Å². The van der Waals surface area contributed by atoms with Crippen molar-refractivity contribution in [2.24, 2.45) is 46.8 Å². The molecule has 2 N–H and O–H groups in total. The number of carbonyl (C=O) groups excluding carboxylic acids is 1. The van der Waals surface area contributed by atoms with Crippen LogP contribution in [0.4, 0.5) is 0 Å². The minimum Gasteiger partial charge on any atom is -0.393 e. The number of ketones is 1. The van der Waals surface area contributed by atoms with Gasteiger partial charge in [-0.1, -0.05) is 46.3 Å². The third kappa shape index (κ3) is 4.07. The molecule has 0 amide bonds. The standard InChI is InChI=1S/C28H46O3/c1-6-28(31)14-13-20-19(15-28)8-9-21-23-11-10-22(18(4)7-12-24(29)17(2)3)27(23,5)16-25(30)26(20)21/h8,17-18,20-24,26,29,31H,6-7,9-16H2,1-5H3/t18-,20+,21+,22-,23+,24+,26-,27-,28+/m1/s1. The fourth-order valence-electron chi connectivity index (χ4n) is 8.41. The molecule has 4 aliphatic carbocycles. The third-order valence-electron chi connectivity index (χ3n) is 10.4. The van der Waals surface area contributed by atoms with Gasteiger partial charge in [0.1, 0.15) is 5.78 Å². The van der Waals surface area contributed by atoms with Crippen LogP contribution in [0.2, 0.25) is 0 Å². The van der Waals surface area contributed by atoms with Crippen LogP contribution in [0.3, 0.4) is 0 Å². The summed E-state index contributed by atoms with van der Waals surface area (Å²) in [6.45, 7) is 11.1. The molecule has 176 valence electrons. The molecule has 4 rings (SSSR count). The van der Waals surface area contributed by atoms with E-state index < -0.39 is 5.60 Å². The number of hydrogen-bond acceptors (Lipinski definition) is 3. The summed E-state index contributed by atoms with van der Waals surface area (Å²) in [4.78, 5) is 13.7. The molecule has 0 aliphatic heterocycles. The monoisotopic (exact) mass is 430 g/mol. The van der Waals surface area contributed by atoms with Crippen molar-refractivity contribution >= 4 is 5.78 Å². The zero-order valence-corrected chi connectivity index (χ0v) is 20.6. The molecule has 0 unspecified atom stereocenters. The lowest BCUT2D eigenvalue weighted by Crippen LogP contribution is -2.52. The molecular weight excluding hydrogens is 384 g/mol. The molecule has 3 heteroatoms. The first kappa shape index (κ1) is 23.5. The maximum Gasteiger partial charge on any atom is 0.137 e. The van der Waals surface area contributed by atoms with Gasteiger partial charge in [-0.3, -0.25) is 4.79 Å². The van der Waals surface area contributed by atoms with Crippen LogP contribution in [0.25, 0.3) is 0 Å². The van der Waals surface area contributed by atoms with Crippen LogP contribution in [-0.2, 0) is 4.79 Å². The number of carbonyl (C=O) groups is 1. The highest BCUT2D eigenvalue weighted by Gasteiger charge is 2.59. The minimum absolute atomic E-state index is 0.130. The van der Waals surface area contributed by atoms with Crippen molar-refractivity contribution in [3.63, 3.8) is 0 Å². The summed E-state index contributed by atoms with van der Waals surface area (Å²) in [5.41, 5.74) is 0.972. The van der Waals surface area contributed by atoms with E-state index in [1.165, 1.54) is 18.4 Å². The summed E-state index contributed by atoms with van der Waals surface area (Å²) in [7, 11) is 0. The first-order chi connectivity index (χ1) is 14.6. The van der Waals surface area contributed by atoms with Gasteiger partial charge >= 0.3 is 0 Å². The summed E-state index contributed by atoms with van der Waals surface area (Å²) < 4.78 is 0. The van der Waals surface area contributed by atoms with Crippen molar-refractivity contribution < 1.29 is 15.0 Å². The van der Waals surface area contributed by atoms with E-state index in [2.05, 4.69) is 40.7 Å². The number of aliphatic hydroxyl groups is 2. The molecule has 4 aliphatic rings. The van der Waals surface area contributed by atoms with Gasteiger partial charge < -0.3 is 10.2 Å². The van der Waals surface area contributed by atoms with Gasteiger partial charge in [0.2, 0.25) is 0 Å². The highest BCUT2D eigenvalue weighted by molar-refractivity contribution is 5.84. The Morgan fingerprint density at radius 3 is 2.55 bits per heavy atom. The molecule has 3 nitrogen and oxygen atoms in total. The summed E-state index contributed by atoms with van der Waals surface area (Å²) in [5, 5.41) is 21.1. The predicted molar refractivity (Wildman–Crippen MR) is 125 cm³/mol. The lowest BCUT2D eigenvalue weighted by Gasteiger charge is -2.54. The molecule has 0 aromatic heterocycles. The first-order valence-corrected chi connectivity index (χ1v) is 13.2. The first-order valence-electron chi connectivity index (χ1n) is 13.2. The Morgan fingerprint density at radius 1 is 1.13 bits per heavy atom. The Balaban J connectivity index is 1.50. The van der Waals surface area contributed by atoms with Crippen molar-refractivity contribution in [1.82, 2.24) is 0 Å². The van der Waals surface area contributed by atoms with Crippen LogP contribution < -0.4 is 0 Å². The van der Waals surface area contributed by atoms with Gasteiger partial charge in [-0.05, 0) is 98.7 Å². The van der Waals surface area contributed by atoms with Crippen LogP contribution >= 0.6 is 0 Å². The average molecular weight is 431 g/mol. The van der Waals surface area contributed by atoms with Crippen LogP contribution in [0.15, 0.2) is 11.6 Å². The molecule has 0 aromatic rings. The Bertz CT molecular complexity index is 711. The summed E-state index contributed by atoms with van der Waals surface area (Å²) in [6, 6.07) is 0. The zero-order valence-electron chi connectivity index (χ0n) is 20.6. The Morgan fingerprint density at radius 2 is 1.87 bits per heavy atom. The molecule has 0 heterocycles. The van der Waals surface area contributed by atoms with Gasteiger partial charge in [-0.2, -0.15) is 0 Å². The van der Waals surface area contributed by atoms with Gasteiger partial charge in [0, 0.05) is 12.3 Å². The number of Topliss-reactive ketones (excluding diaryl/α,β-unsaturated/α-hetero) is 1. The minimum atomic E-state index is -0.546.